The summed E-state index contributed by atoms with van der Waals surface area (Å²) in [7, 11) is 0. The molecule has 2 aromatic carbocycles. The molecule has 3 rings (SSSR count). The molecule has 2 N–H and O–H groups in total. The minimum absolute atomic E-state index is 0.116. The number of nitrogens with one attached hydrogen (secondary N) is 2. The summed E-state index contributed by atoms with van der Waals surface area (Å²) in [6.45, 7) is 5.96. The summed E-state index contributed by atoms with van der Waals surface area (Å²) in [5, 5.41) is 5.66. The van der Waals surface area contributed by atoms with Gasteiger partial charge in [-0.15, -0.1) is 0 Å². The van der Waals surface area contributed by atoms with Crippen LogP contribution in [0.4, 0.5) is 0 Å². The van der Waals surface area contributed by atoms with Gasteiger partial charge in [0.2, 0.25) is 0 Å². The van der Waals surface area contributed by atoms with Crippen LogP contribution in [0.3, 0.4) is 0 Å². The highest BCUT2D eigenvalue weighted by Gasteiger charge is 2.18. The predicted molar refractivity (Wildman–Crippen MR) is 113 cm³/mol. The van der Waals surface area contributed by atoms with Crippen molar-refractivity contribution < 1.29 is 14.0 Å². The molecule has 0 saturated heterocycles. The molecule has 5 heteroatoms. The van der Waals surface area contributed by atoms with Crippen molar-refractivity contribution in [1.82, 2.24) is 10.6 Å². The van der Waals surface area contributed by atoms with E-state index < -0.39 is 5.91 Å². The van der Waals surface area contributed by atoms with E-state index in [9.17, 15) is 9.59 Å². The van der Waals surface area contributed by atoms with E-state index in [-0.39, 0.29) is 17.6 Å². The fraction of sp³-hybridized carbons (Fsp3) is 0.167. The Balaban J connectivity index is 1.81. The molecule has 0 radical (unpaired) electrons. The Kier molecular flexibility index (Phi) is 6.29. The number of hydrogen-bond donors (Lipinski definition) is 2. The number of amides is 2. The fourth-order valence-corrected chi connectivity index (χ4v) is 3.12. The summed E-state index contributed by atoms with van der Waals surface area (Å²) >= 11 is 0. The van der Waals surface area contributed by atoms with Crippen LogP contribution in [-0.4, -0.2) is 11.8 Å². The van der Waals surface area contributed by atoms with Crippen molar-refractivity contribution in [3.63, 3.8) is 0 Å². The largest absolute Gasteiger partial charge is 0.465 e. The molecule has 1 aromatic heterocycles. The lowest BCUT2D eigenvalue weighted by molar-refractivity contribution is -0.118. The molecule has 0 unspecified atom stereocenters. The van der Waals surface area contributed by atoms with Gasteiger partial charge < -0.3 is 15.1 Å². The van der Waals surface area contributed by atoms with Crippen LogP contribution >= 0.6 is 0 Å². The zero-order chi connectivity index (χ0) is 20.8. The first-order chi connectivity index (χ1) is 13.9. The van der Waals surface area contributed by atoms with Gasteiger partial charge in [0.1, 0.15) is 11.5 Å². The number of benzene rings is 2. The van der Waals surface area contributed by atoms with Crippen molar-refractivity contribution in [2.24, 2.45) is 0 Å². The average molecular weight is 388 g/mol. The molecule has 1 atom stereocenters. The van der Waals surface area contributed by atoms with E-state index in [0.29, 0.717) is 11.3 Å². The number of carbonyl (C=O) groups excluding carboxylic acids is 2. The Bertz CT molecular complexity index is 1020. The number of carbonyl (C=O) groups is 2. The second-order valence-electron chi connectivity index (χ2n) is 6.95. The summed E-state index contributed by atoms with van der Waals surface area (Å²) in [5.74, 6) is -0.279. The van der Waals surface area contributed by atoms with Gasteiger partial charge in [0.05, 0.1) is 12.3 Å². The molecular weight excluding hydrogens is 364 g/mol. The maximum Gasteiger partial charge on any atom is 0.268 e. The third-order valence-corrected chi connectivity index (χ3v) is 4.60. The molecule has 0 aliphatic rings. The lowest BCUT2D eigenvalue weighted by Gasteiger charge is -2.18. The van der Waals surface area contributed by atoms with Crippen LogP contribution in [0.5, 0.6) is 0 Å². The second-order valence-corrected chi connectivity index (χ2v) is 6.95. The highest BCUT2D eigenvalue weighted by atomic mass is 16.3. The van der Waals surface area contributed by atoms with Gasteiger partial charge in [0.25, 0.3) is 11.8 Å². The van der Waals surface area contributed by atoms with E-state index in [1.807, 2.05) is 39.0 Å². The minimum atomic E-state index is -0.391. The van der Waals surface area contributed by atoms with Crippen LogP contribution in [0.15, 0.2) is 77.0 Å². The number of aryl methyl sites for hydroxylation is 2. The maximum absolute atomic E-state index is 13.0. The van der Waals surface area contributed by atoms with E-state index in [4.69, 9.17) is 4.42 Å². The Morgan fingerprint density at radius 2 is 1.76 bits per heavy atom. The minimum Gasteiger partial charge on any atom is -0.465 e. The van der Waals surface area contributed by atoms with Crippen molar-refractivity contribution in [3.8, 4) is 0 Å². The van der Waals surface area contributed by atoms with Crippen LogP contribution in [0, 0.1) is 13.8 Å². The molecule has 3 aromatic rings. The number of furan rings is 1. The van der Waals surface area contributed by atoms with Gasteiger partial charge in [0, 0.05) is 11.6 Å². The van der Waals surface area contributed by atoms with Gasteiger partial charge in [-0.25, -0.2) is 0 Å². The third kappa shape index (κ3) is 5.23. The van der Waals surface area contributed by atoms with Crippen LogP contribution in [-0.2, 0) is 4.79 Å². The third-order valence-electron chi connectivity index (χ3n) is 4.60. The van der Waals surface area contributed by atoms with E-state index >= 15 is 0 Å². The summed E-state index contributed by atoms with van der Waals surface area (Å²) in [6.07, 6.45) is 3.03. The number of hydrogen-bond acceptors (Lipinski definition) is 3. The van der Waals surface area contributed by atoms with Gasteiger partial charge in [-0.3, -0.25) is 9.59 Å². The average Bonchev–Trinajstić information content (AvgIpc) is 3.21. The summed E-state index contributed by atoms with van der Waals surface area (Å²) in [6, 6.07) is 18.1. The van der Waals surface area contributed by atoms with Crippen molar-refractivity contribution in [2.75, 3.05) is 0 Å². The first-order valence-electron chi connectivity index (χ1n) is 9.43. The molecule has 0 spiro atoms. The van der Waals surface area contributed by atoms with Gasteiger partial charge in [0.15, 0.2) is 0 Å². The molecule has 29 heavy (non-hydrogen) atoms. The molecule has 0 aliphatic heterocycles. The molecular formula is C24H24N2O3. The zero-order valence-electron chi connectivity index (χ0n) is 16.7. The lowest BCUT2D eigenvalue weighted by atomic mass is 10.00. The SMILES string of the molecule is Cc1ccc([C@H](C)NC(=O)/C(=C/c2ccco2)NC(=O)c2ccccc2)c(C)c1. The first-order valence-corrected chi connectivity index (χ1v) is 9.43. The smallest absolute Gasteiger partial charge is 0.268 e. The van der Waals surface area contributed by atoms with Gasteiger partial charge in [-0.1, -0.05) is 42.0 Å². The fourth-order valence-electron chi connectivity index (χ4n) is 3.12. The molecule has 2 amide bonds. The quantitative estimate of drug-likeness (QED) is 0.609. The van der Waals surface area contributed by atoms with Gasteiger partial charge in [-0.2, -0.15) is 0 Å². The highest BCUT2D eigenvalue weighted by molar-refractivity contribution is 6.05. The molecule has 1 heterocycles. The molecule has 0 fully saturated rings. The van der Waals surface area contributed by atoms with Crippen LogP contribution < -0.4 is 10.6 Å². The highest BCUT2D eigenvalue weighted by Crippen LogP contribution is 2.19. The summed E-state index contributed by atoms with van der Waals surface area (Å²) < 4.78 is 5.32. The maximum atomic E-state index is 13.0. The van der Waals surface area contributed by atoms with Crippen LogP contribution in [0.25, 0.3) is 6.08 Å². The lowest BCUT2D eigenvalue weighted by Crippen LogP contribution is -2.36. The van der Waals surface area contributed by atoms with Crippen molar-refractivity contribution >= 4 is 17.9 Å². The van der Waals surface area contributed by atoms with Crippen molar-refractivity contribution in [3.05, 3.63) is 101 Å². The van der Waals surface area contributed by atoms with E-state index in [0.717, 1.165) is 11.1 Å². The Morgan fingerprint density at radius 3 is 2.41 bits per heavy atom. The first kappa shape index (κ1) is 20.1. The van der Waals surface area contributed by atoms with Gasteiger partial charge in [-0.05, 0) is 56.2 Å². The Hall–Kier alpha value is -3.60. The normalized spacial score (nSPS) is 12.3. The van der Waals surface area contributed by atoms with Crippen LogP contribution in [0.2, 0.25) is 0 Å². The summed E-state index contributed by atoms with van der Waals surface area (Å²) in [5.41, 5.74) is 3.87. The molecule has 148 valence electrons. The van der Waals surface area contributed by atoms with Crippen LogP contribution in [0.1, 0.15) is 45.8 Å². The Labute approximate surface area is 170 Å². The summed E-state index contributed by atoms with van der Waals surface area (Å²) in [4.78, 5) is 25.5. The molecule has 0 bridgehead atoms. The molecule has 0 aliphatic carbocycles. The molecule has 5 nitrogen and oxygen atoms in total. The van der Waals surface area contributed by atoms with E-state index in [1.54, 1.807) is 36.4 Å². The zero-order valence-corrected chi connectivity index (χ0v) is 16.7. The second kappa shape index (κ2) is 9.06. The Morgan fingerprint density at radius 1 is 1.00 bits per heavy atom. The van der Waals surface area contributed by atoms with Crippen molar-refractivity contribution in [2.45, 2.75) is 26.8 Å². The van der Waals surface area contributed by atoms with E-state index in [2.05, 4.69) is 16.7 Å². The molecule has 0 saturated carbocycles. The standard InChI is InChI=1S/C24H24N2O3/c1-16-11-12-21(17(2)14-16)18(3)25-24(28)22(15-20-10-7-13-29-20)26-23(27)19-8-5-4-6-9-19/h4-15,18H,1-3H3,(H,25,28)(H,26,27)/b22-15-/t18-/m0/s1. The monoisotopic (exact) mass is 388 g/mol. The predicted octanol–water partition coefficient (Wildman–Crippen LogP) is 4.54. The topological polar surface area (TPSA) is 71.3 Å². The van der Waals surface area contributed by atoms with Gasteiger partial charge >= 0.3 is 0 Å². The van der Waals surface area contributed by atoms with E-state index in [1.165, 1.54) is 17.9 Å². The number of rotatable bonds is 6. The van der Waals surface area contributed by atoms with Crippen molar-refractivity contribution in [1.29, 1.82) is 0 Å².